The molecule has 5 heteroatoms. The van der Waals surface area contributed by atoms with Gasteiger partial charge in [0.2, 0.25) is 0 Å². The summed E-state index contributed by atoms with van der Waals surface area (Å²) in [5, 5.41) is 2.54. The van der Waals surface area contributed by atoms with Gasteiger partial charge in [-0.15, -0.1) is 0 Å². The second kappa shape index (κ2) is 5.27. The third kappa shape index (κ3) is 2.92. The minimum atomic E-state index is -0.575. The molecule has 0 bridgehead atoms. The fourth-order valence-electron chi connectivity index (χ4n) is 1.40. The van der Waals surface area contributed by atoms with Crippen LogP contribution in [0.25, 0.3) is 0 Å². The number of benzene rings is 1. The predicted octanol–water partition coefficient (Wildman–Crippen LogP) is 3.54. The summed E-state index contributed by atoms with van der Waals surface area (Å²) in [5.74, 6) is -0.696. The van der Waals surface area contributed by atoms with Gasteiger partial charge in [0.15, 0.2) is 0 Å². The van der Waals surface area contributed by atoms with Crippen molar-refractivity contribution in [1.29, 1.82) is 0 Å². The summed E-state index contributed by atoms with van der Waals surface area (Å²) in [6, 6.07) is 7.77. The van der Waals surface area contributed by atoms with Crippen LogP contribution in [-0.2, 0) is 0 Å². The number of amides is 1. The minimum Gasteiger partial charge on any atom is -0.306 e. The zero-order valence-electron chi connectivity index (χ0n) is 9.58. The van der Waals surface area contributed by atoms with Gasteiger partial charge >= 0.3 is 0 Å². The van der Waals surface area contributed by atoms with Crippen LogP contribution in [0.2, 0.25) is 0 Å². The second-order valence-corrected chi connectivity index (χ2v) is 4.71. The molecule has 0 aliphatic carbocycles. The van der Waals surface area contributed by atoms with Crippen LogP contribution >= 0.6 is 15.9 Å². The molecule has 0 saturated carbocycles. The van der Waals surface area contributed by atoms with Crippen molar-refractivity contribution in [3.05, 3.63) is 57.9 Å². The Balaban J connectivity index is 2.19. The SMILES string of the molecule is Cc1ccc(NC(=O)c2ccc(Br)cc2F)nc1. The van der Waals surface area contributed by atoms with Gasteiger partial charge in [0.05, 0.1) is 5.56 Å². The van der Waals surface area contributed by atoms with E-state index in [2.05, 4.69) is 26.2 Å². The molecule has 0 atom stereocenters. The monoisotopic (exact) mass is 308 g/mol. The van der Waals surface area contributed by atoms with Crippen molar-refractivity contribution in [1.82, 2.24) is 4.98 Å². The van der Waals surface area contributed by atoms with Crippen molar-refractivity contribution in [2.75, 3.05) is 5.32 Å². The van der Waals surface area contributed by atoms with Crippen LogP contribution in [0, 0.1) is 12.7 Å². The summed E-state index contributed by atoms with van der Waals surface area (Å²) in [4.78, 5) is 15.9. The zero-order valence-corrected chi connectivity index (χ0v) is 11.2. The molecule has 2 rings (SSSR count). The Bertz CT molecular complexity index is 584. The molecule has 1 aromatic carbocycles. The largest absolute Gasteiger partial charge is 0.306 e. The Morgan fingerprint density at radius 1 is 1.33 bits per heavy atom. The summed E-state index contributed by atoms with van der Waals surface area (Å²) < 4.78 is 14.1. The molecule has 1 heterocycles. The lowest BCUT2D eigenvalue weighted by Gasteiger charge is -2.05. The first-order valence-electron chi connectivity index (χ1n) is 5.25. The fourth-order valence-corrected chi connectivity index (χ4v) is 1.73. The van der Waals surface area contributed by atoms with Crippen molar-refractivity contribution in [3.63, 3.8) is 0 Å². The molecule has 2 aromatic rings. The van der Waals surface area contributed by atoms with Crippen molar-refractivity contribution < 1.29 is 9.18 Å². The van der Waals surface area contributed by atoms with E-state index in [4.69, 9.17) is 0 Å². The number of hydrogen-bond donors (Lipinski definition) is 1. The molecule has 0 unspecified atom stereocenters. The number of rotatable bonds is 2. The quantitative estimate of drug-likeness (QED) is 0.922. The fraction of sp³-hybridized carbons (Fsp3) is 0.0769. The maximum absolute atomic E-state index is 13.6. The van der Waals surface area contributed by atoms with E-state index < -0.39 is 11.7 Å². The van der Waals surface area contributed by atoms with Crippen LogP contribution in [0.5, 0.6) is 0 Å². The highest BCUT2D eigenvalue weighted by molar-refractivity contribution is 9.10. The number of halogens is 2. The molecule has 0 radical (unpaired) electrons. The van der Waals surface area contributed by atoms with Gasteiger partial charge in [-0.2, -0.15) is 0 Å². The number of hydrogen-bond acceptors (Lipinski definition) is 2. The van der Waals surface area contributed by atoms with Gasteiger partial charge in [-0.3, -0.25) is 4.79 Å². The summed E-state index contributed by atoms with van der Waals surface area (Å²) in [7, 11) is 0. The Labute approximate surface area is 112 Å². The van der Waals surface area contributed by atoms with E-state index in [0.29, 0.717) is 10.3 Å². The number of nitrogens with one attached hydrogen (secondary N) is 1. The van der Waals surface area contributed by atoms with Gasteiger partial charge in [-0.25, -0.2) is 9.37 Å². The second-order valence-electron chi connectivity index (χ2n) is 3.80. The van der Waals surface area contributed by atoms with Crippen molar-refractivity contribution in [2.45, 2.75) is 6.92 Å². The predicted molar refractivity (Wildman–Crippen MR) is 71.0 cm³/mol. The molecule has 0 aliphatic heterocycles. The lowest BCUT2D eigenvalue weighted by molar-refractivity contribution is 0.102. The maximum Gasteiger partial charge on any atom is 0.259 e. The zero-order chi connectivity index (χ0) is 13.1. The lowest BCUT2D eigenvalue weighted by Crippen LogP contribution is -2.14. The average Bonchev–Trinajstić information content (AvgIpc) is 2.32. The first kappa shape index (κ1) is 12.7. The van der Waals surface area contributed by atoms with Gasteiger partial charge in [0.25, 0.3) is 5.91 Å². The van der Waals surface area contributed by atoms with E-state index >= 15 is 0 Å². The van der Waals surface area contributed by atoms with Crippen LogP contribution in [0.4, 0.5) is 10.2 Å². The minimum absolute atomic E-state index is 0.0134. The highest BCUT2D eigenvalue weighted by atomic mass is 79.9. The van der Waals surface area contributed by atoms with Gasteiger partial charge in [0.1, 0.15) is 11.6 Å². The van der Waals surface area contributed by atoms with E-state index in [9.17, 15) is 9.18 Å². The van der Waals surface area contributed by atoms with Crippen molar-refractivity contribution >= 4 is 27.7 Å². The van der Waals surface area contributed by atoms with E-state index in [1.165, 1.54) is 12.1 Å². The molecular weight excluding hydrogens is 299 g/mol. The molecule has 3 nitrogen and oxygen atoms in total. The molecule has 0 fully saturated rings. The van der Waals surface area contributed by atoms with Gasteiger partial charge in [-0.1, -0.05) is 22.0 Å². The topological polar surface area (TPSA) is 42.0 Å². The van der Waals surface area contributed by atoms with Crippen LogP contribution < -0.4 is 5.32 Å². The molecule has 92 valence electrons. The standard InChI is InChI=1S/C13H10BrFN2O/c1-8-2-5-12(16-7-8)17-13(18)10-4-3-9(14)6-11(10)15/h2-7H,1H3,(H,16,17,18). The number of aromatic nitrogens is 1. The van der Waals surface area contributed by atoms with Gasteiger partial charge in [-0.05, 0) is 36.8 Å². The third-order valence-electron chi connectivity index (χ3n) is 2.33. The van der Waals surface area contributed by atoms with Crippen LogP contribution in [-0.4, -0.2) is 10.9 Å². The van der Waals surface area contributed by atoms with Crippen molar-refractivity contribution in [2.24, 2.45) is 0 Å². The summed E-state index contributed by atoms with van der Waals surface area (Å²) in [6.07, 6.45) is 1.63. The molecule has 0 aliphatic rings. The molecule has 1 aromatic heterocycles. The van der Waals surface area contributed by atoms with E-state index in [-0.39, 0.29) is 5.56 Å². The Kier molecular flexibility index (Phi) is 3.72. The molecular formula is C13H10BrFN2O. The molecule has 18 heavy (non-hydrogen) atoms. The Morgan fingerprint density at radius 3 is 2.72 bits per heavy atom. The number of carbonyl (C=O) groups excluding carboxylic acids is 1. The smallest absolute Gasteiger partial charge is 0.259 e. The van der Waals surface area contributed by atoms with E-state index in [0.717, 1.165) is 5.56 Å². The van der Waals surface area contributed by atoms with Crippen LogP contribution in [0.3, 0.4) is 0 Å². The first-order chi connectivity index (χ1) is 8.56. The van der Waals surface area contributed by atoms with Gasteiger partial charge in [0, 0.05) is 10.7 Å². The number of carbonyl (C=O) groups is 1. The molecule has 1 amide bonds. The lowest BCUT2D eigenvalue weighted by atomic mass is 10.2. The number of aryl methyl sites for hydroxylation is 1. The highest BCUT2D eigenvalue weighted by Gasteiger charge is 2.12. The van der Waals surface area contributed by atoms with E-state index in [1.54, 1.807) is 18.3 Å². The van der Waals surface area contributed by atoms with Crippen LogP contribution in [0.1, 0.15) is 15.9 Å². The first-order valence-corrected chi connectivity index (χ1v) is 6.04. The third-order valence-corrected chi connectivity index (χ3v) is 2.82. The summed E-state index contributed by atoms with van der Waals surface area (Å²) in [6.45, 7) is 1.90. The highest BCUT2D eigenvalue weighted by Crippen LogP contribution is 2.16. The normalized spacial score (nSPS) is 10.2. The van der Waals surface area contributed by atoms with Gasteiger partial charge < -0.3 is 5.32 Å². The molecule has 0 spiro atoms. The number of nitrogens with zero attached hydrogens (tertiary/aromatic N) is 1. The molecule has 0 saturated heterocycles. The number of pyridine rings is 1. The van der Waals surface area contributed by atoms with E-state index in [1.807, 2.05) is 13.0 Å². The average molecular weight is 309 g/mol. The Morgan fingerprint density at radius 2 is 2.11 bits per heavy atom. The summed E-state index contributed by atoms with van der Waals surface area (Å²) >= 11 is 3.14. The Hall–Kier alpha value is -1.75. The summed E-state index contributed by atoms with van der Waals surface area (Å²) in [5.41, 5.74) is 0.975. The maximum atomic E-state index is 13.6. The van der Waals surface area contributed by atoms with Crippen molar-refractivity contribution in [3.8, 4) is 0 Å². The van der Waals surface area contributed by atoms with Crippen LogP contribution in [0.15, 0.2) is 41.0 Å². The molecule has 1 N–H and O–H groups in total. The number of anilines is 1.